The van der Waals surface area contributed by atoms with Gasteiger partial charge in [-0.3, -0.25) is 0 Å². The molecule has 3 heteroatoms. The van der Waals surface area contributed by atoms with Crippen molar-refractivity contribution in [2.45, 2.75) is 45.1 Å². The summed E-state index contributed by atoms with van der Waals surface area (Å²) >= 11 is 0. The van der Waals surface area contributed by atoms with Gasteiger partial charge in [-0.15, -0.1) is 0 Å². The van der Waals surface area contributed by atoms with Gasteiger partial charge in [-0.1, -0.05) is 6.92 Å². The Morgan fingerprint density at radius 2 is 2.39 bits per heavy atom. The summed E-state index contributed by atoms with van der Waals surface area (Å²) < 4.78 is 11.2. The molecule has 2 rings (SSSR count). The first kappa shape index (κ1) is 13.2. The van der Waals surface area contributed by atoms with E-state index in [9.17, 15) is 0 Å². The molecule has 0 saturated carbocycles. The van der Waals surface area contributed by atoms with Crippen molar-refractivity contribution >= 4 is 0 Å². The van der Waals surface area contributed by atoms with Gasteiger partial charge in [-0.25, -0.2) is 0 Å². The van der Waals surface area contributed by atoms with Crippen LogP contribution in [0.1, 0.15) is 38.4 Å². The summed E-state index contributed by atoms with van der Waals surface area (Å²) in [4.78, 5) is 0. The van der Waals surface area contributed by atoms with Crippen LogP contribution in [0.3, 0.4) is 0 Å². The first-order valence-electron chi connectivity index (χ1n) is 6.98. The lowest BCUT2D eigenvalue weighted by molar-refractivity contribution is 0.164. The summed E-state index contributed by atoms with van der Waals surface area (Å²) in [6, 6.07) is 4.31. The van der Waals surface area contributed by atoms with Crippen molar-refractivity contribution in [3.05, 3.63) is 36.0 Å². The molecule has 0 aromatic carbocycles. The van der Waals surface area contributed by atoms with Crippen LogP contribution in [-0.4, -0.2) is 19.2 Å². The standard InChI is InChI=1S/C15H23NO2/c1-2-10-16-14(15-7-3-4-11-18-15)9-8-13-6-5-12-17-13/h5-7,12,14,16H,2-4,8-11H2,1H3. The fraction of sp³-hybridized carbons (Fsp3) is 0.600. The van der Waals surface area contributed by atoms with E-state index in [1.54, 1.807) is 6.26 Å². The highest BCUT2D eigenvalue weighted by molar-refractivity contribution is 5.07. The summed E-state index contributed by atoms with van der Waals surface area (Å²) in [5.41, 5.74) is 0. The molecule has 0 aliphatic carbocycles. The molecule has 0 fully saturated rings. The van der Waals surface area contributed by atoms with Crippen molar-refractivity contribution in [2.75, 3.05) is 13.2 Å². The molecule has 0 spiro atoms. The largest absolute Gasteiger partial charge is 0.497 e. The Morgan fingerprint density at radius 1 is 1.44 bits per heavy atom. The lowest BCUT2D eigenvalue weighted by atomic mass is 10.1. The van der Waals surface area contributed by atoms with Crippen LogP contribution >= 0.6 is 0 Å². The number of allylic oxidation sites excluding steroid dienone is 1. The average Bonchev–Trinajstić information content (AvgIpc) is 2.93. The molecule has 2 heterocycles. The summed E-state index contributed by atoms with van der Waals surface area (Å²) in [5, 5.41) is 3.57. The lowest BCUT2D eigenvalue weighted by Crippen LogP contribution is -2.34. The van der Waals surface area contributed by atoms with Crippen molar-refractivity contribution in [1.29, 1.82) is 0 Å². The molecule has 1 aliphatic rings. The van der Waals surface area contributed by atoms with E-state index < -0.39 is 0 Å². The van der Waals surface area contributed by atoms with E-state index in [4.69, 9.17) is 9.15 Å². The highest BCUT2D eigenvalue weighted by Crippen LogP contribution is 2.18. The number of ether oxygens (including phenoxy) is 1. The van der Waals surface area contributed by atoms with Gasteiger partial charge >= 0.3 is 0 Å². The van der Waals surface area contributed by atoms with E-state index >= 15 is 0 Å². The van der Waals surface area contributed by atoms with E-state index in [2.05, 4.69) is 18.3 Å². The van der Waals surface area contributed by atoms with Gasteiger partial charge in [0.15, 0.2) is 0 Å². The smallest absolute Gasteiger partial charge is 0.109 e. The normalized spacial score (nSPS) is 17.1. The Hall–Kier alpha value is -1.22. The minimum atomic E-state index is 0.329. The molecule has 3 nitrogen and oxygen atoms in total. The molecule has 0 saturated heterocycles. The molecular weight excluding hydrogens is 226 g/mol. The van der Waals surface area contributed by atoms with Gasteiger partial charge in [0.05, 0.1) is 18.9 Å². The van der Waals surface area contributed by atoms with Crippen molar-refractivity contribution in [3.63, 3.8) is 0 Å². The molecule has 18 heavy (non-hydrogen) atoms. The molecule has 0 bridgehead atoms. The molecular formula is C15H23NO2. The number of hydrogen-bond acceptors (Lipinski definition) is 3. The quantitative estimate of drug-likeness (QED) is 0.805. The van der Waals surface area contributed by atoms with Crippen LogP contribution in [0.2, 0.25) is 0 Å². The second kappa shape index (κ2) is 7.27. The molecule has 1 aromatic heterocycles. The minimum Gasteiger partial charge on any atom is -0.497 e. The highest BCUT2D eigenvalue weighted by Gasteiger charge is 2.17. The second-order valence-electron chi connectivity index (χ2n) is 4.72. The molecule has 100 valence electrons. The molecule has 0 radical (unpaired) electrons. The highest BCUT2D eigenvalue weighted by atomic mass is 16.5. The predicted octanol–water partition coefficient (Wildman–Crippen LogP) is 3.27. The molecule has 0 amide bonds. The van der Waals surface area contributed by atoms with Crippen LogP contribution in [0.25, 0.3) is 0 Å². The third kappa shape index (κ3) is 3.91. The SMILES string of the molecule is CCCNC(CCc1ccco1)C1=CCCCO1. The minimum absolute atomic E-state index is 0.329. The van der Waals surface area contributed by atoms with E-state index in [1.165, 1.54) is 0 Å². The Morgan fingerprint density at radius 3 is 3.06 bits per heavy atom. The van der Waals surface area contributed by atoms with E-state index in [1.807, 2.05) is 12.1 Å². The van der Waals surface area contributed by atoms with Crippen LogP contribution < -0.4 is 5.32 Å². The second-order valence-corrected chi connectivity index (χ2v) is 4.72. The summed E-state index contributed by atoms with van der Waals surface area (Å²) in [6.45, 7) is 4.08. The van der Waals surface area contributed by atoms with Gasteiger partial charge in [-0.05, 0) is 50.4 Å². The van der Waals surface area contributed by atoms with Gasteiger partial charge < -0.3 is 14.5 Å². The summed E-state index contributed by atoms with van der Waals surface area (Å²) in [7, 11) is 0. The third-order valence-corrected chi connectivity index (χ3v) is 3.21. The molecule has 1 aliphatic heterocycles. The maximum absolute atomic E-state index is 5.78. The number of aryl methyl sites for hydroxylation is 1. The lowest BCUT2D eigenvalue weighted by Gasteiger charge is -2.24. The topological polar surface area (TPSA) is 34.4 Å². The Kier molecular flexibility index (Phi) is 5.34. The number of hydrogen-bond donors (Lipinski definition) is 1. The van der Waals surface area contributed by atoms with Crippen molar-refractivity contribution in [2.24, 2.45) is 0 Å². The molecule has 1 aromatic rings. The van der Waals surface area contributed by atoms with Gasteiger partial charge in [0.2, 0.25) is 0 Å². The Bertz CT molecular complexity index is 357. The number of nitrogens with one attached hydrogen (secondary N) is 1. The van der Waals surface area contributed by atoms with Crippen molar-refractivity contribution in [1.82, 2.24) is 5.32 Å². The Labute approximate surface area is 109 Å². The molecule has 1 unspecified atom stereocenters. The van der Waals surface area contributed by atoms with E-state index in [0.717, 1.165) is 56.8 Å². The Balaban J connectivity index is 1.89. The van der Waals surface area contributed by atoms with E-state index in [-0.39, 0.29) is 0 Å². The summed E-state index contributed by atoms with van der Waals surface area (Å²) in [5.74, 6) is 2.18. The van der Waals surface area contributed by atoms with Gasteiger partial charge in [0.25, 0.3) is 0 Å². The number of furan rings is 1. The van der Waals surface area contributed by atoms with Gasteiger partial charge in [0.1, 0.15) is 11.5 Å². The molecule has 1 atom stereocenters. The summed E-state index contributed by atoms with van der Waals surface area (Å²) in [6.07, 6.45) is 9.38. The first-order chi connectivity index (χ1) is 8.90. The zero-order chi connectivity index (χ0) is 12.6. The fourth-order valence-corrected chi connectivity index (χ4v) is 2.22. The maximum atomic E-state index is 5.78. The van der Waals surface area contributed by atoms with Crippen LogP contribution in [-0.2, 0) is 11.2 Å². The van der Waals surface area contributed by atoms with Gasteiger partial charge in [0, 0.05) is 6.42 Å². The monoisotopic (exact) mass is 249 g/mol. The zero-order valence-corrected chi connectivity index (χ0v) is 11.2. The fourth-order valence-electron chi connectivity index (χ4n) is 2.22. The molecule has 1 N–H and O–H groups in total. The van der Waals surface area contributed by atoms with Crippen LogP contribution in [0.15, 0.2) is 34.6 Å². The van der Waals surface area contributed by atoms with E-state index in [0.29, 0.717) is 6.04 Å². The third-order valence-electron chi connectivity index (χ3n) is 3.21. The zero-order valence-electron chi connectivity index (χ0n) is 11.2. The van der Waals surface area contributed by atoms with Crippen molar-refractivity contribution < 1.29 is 9.15 Å². The van der Waals surface area contributed by atoms with Crippen LogP contribution in [0, 0.1) is 0 Å². The predicted molar refractivity (Wildman–Crippen MR) is 72.4 cm³/mol. The first-order valence-corrected chi connectivity index (χ1v) is 6.98. The van der Waals surface area contributed by atoms with Crippen molar-refractivity contribution in [3.8, 4) is 0 Å². The number of rotatable bonds is 7. The van der Waals surface area contributed by atoms with Crippen LogP contribution in [0.4, 0.5) is 0 Å². The van der Waals surface area contributed by atoms with Gasteiger partial charge in [-0.2, -0.15) is 0 Å². The maximum Gasteiger partial charge on any atom is 0.109 e. The van der Waals surface area contributed by atoms with Crippen LogP contribution in [0.5, 0.6) is 0 Å². The average molecular weight is 249 g/mol.